The molecule has 1 rings (SSSR count). The van der Waals surface area contributed by atoms with Crippen LogP contribution in [-0.4, -0.2) is 19.0 Å². The number of hydrogen-bond donors (Lipinski definition) is 2. The zero-order chi connectivity index (χ0) is 11.3. The maximum absolute atomic E-state index is 11.7. The predicted octanol–water partition coefficient (Wildman–Crippen LogP) is 1.67. The van der Waals surface area contributed by atoms with Gasteiger partial charge in [-0.05, 0) is 30.7 Å². The monoisotopic (exact) mass is 212 g/mol. The highest BCUT2D eigenvalue weighted by molar-refractivity contribution is 5.76. The van der Waals surface area contributed by atoms with Gasteiger partial charge in [-0.25, -0.2) is 0 Å². The first-order valence-corrected chi connectivity index (χ1v) is 6.08. The molecule has 0 saturated heterocycles. The minimum Gasteiger partial charge on any atom is -0.356 e. The van der Waals surface area contributed by atoms with Crippen molar-refractivity contribution in [3.63, 3.8) is 0 Å². The number of nitrogens with one attached hydrogen (secondary N) is 1. The van der Waals surface area contributed by atoms with Crippen molar-refractivity contribution >= 4 is 5.91 Å². The van der Waals surface area contributed by atoms with Gasteiger partial charge in [0.2, 0.25) is 5.91 Å². The summed E-state index contributed by atoms with van der Waals surface area (Å²) in [6, 6.07) is 0. The highest BCUT2D eigenvalue weighted by Crippen LogP contribution is 2.42. The standard InChI is InChI=1S/C12H24N2O/c1-3-10(2)8-14-11(15)7-12(9-13)5-4-6-12/h10H,3-9,13H2,1-2H3,(H,14,15). The lowest BCUT2D eigenvalue weighted by Gasteiger charge is -2.40. The van der Waals surface area contributed by atoms with Crippen LogP contribution in [0.4, 0.5) is 0 Å². The number of carbonyl (C=O) groups is 1. The van der Waals surface area contributed by atoms with Gasteiger partial charge in [-0.3, -0.25) is 4.79 Å². The van der Waals surface area contributed by atoms with Gasteiger partial charge in [-0.1, -0.05) is 26.7 Å². The molecule has 3 nitrogen and oxygen atoms in total. The molecule has 1 fully saturated rings. The Labute approximate surface area is 92.8 Å². The summed E-state index contributed by atoms with van der Waals surface area (Å²) in [6.07, 6.45) is 5.22. The van der Waals surface area contributed by atoms with Gasteiger partial charge in [-0.15, -0.1) is 0 Å². The molecule has 0 aromatic carbocycles. The molecule has 15 heavy (non-hydrogen) atoms. The first-order chi connectivity index (χ1) is 7.12. The largest absolute Gasteiger partial charge is 0.356 e. The van der Waals surface area contributed by atoms with Crippen LogP contribution in [0.5, 0.6) is 0 Å². The minimum absolute atomic E-state index is 0.138. The van der Waals surface area contributed by atoms with E-state index in [2.05, 4.69) is 19.2 Å². The molecule has 88 valence electrons. The van der Waals surface area contributed by atoms with Crippen LogP contribution in [0.3, 0.4) is 0 Å². The fourth-order valence-electron chi connectivity index (χ4n) is 1.97. The van der Waals surface area contributed by atoms with E-state index in [-0.39, 0.29) is 11.3 Å². The molecule has 1 aliphatic carbocycles. The molecule has 0 radical (unpaired) electrons. The van der Waals surface area contributed by atoms with E-state index in [1.54, 1.807) is 0 Å². The van der Waals surface area contributed by atoms with Crippen LogP contribution in [0.2, 0.25) is 0 Å². The quantitative estimate of drug-likeness (QED) is 0.703. The van der Waals surface area contributed by atoms with Gasteiger partial charge in [0.15, 0.2) is 0 Å². The molecular formula is C12H24N2O. The molecule has 1 unspecified atom stereocenters. The van der Waals surface area contributed by atoms with Crippen molar-refractivity contribution in [2.45, 2.75) is 46.0 Å². The van der Waals surface area contributed by atoms with Gasteiger partial charge < -0.3 is 11.1 Å². The summed E-state index contributed by atoms with van der Waals surface area (Å²) >= 11 is 0. The van der Waals surface area contributed by atoms with Crippen LogP contribution in [0, 0.1) is 11.3 Å². The SMILES string of the molecule is CCC(C)CNC(=O)CC1(CN)CCC1. The summed E-state index contributed by atoms with van der Waals surface area (Å²) in [5, 5.41) is 3.00. The molecule has 3 N–H and O–H groups in total. The highest BCUT2D eigenvalue weighted by atomic mass is 16.1. The third kappa shape index (κ3) is 3.49. The molecule has 3 heteroatoms. The molecule has 0 aliphatic heterocycles. The van der Waals surface area contributed by atoms with Crippen molar-refractivity contribution in [3.8, 4) is 0 Å². The van der Waals surface area contributed by atoms with Crippen molar-refractivity contribution in [1.82, 2.24) is 5.32 Å². The average molecular weight is 212 g/mol. The average Bonchev–Trinajstić information content (AvgIpc) is 2.20. The Bertz CT molecular complexity index is 206. The fraction of sp³-hybridized carbons (Fsp3) is 0.917. The van der Waals surface area contributed by atoms with Crippen molar-refractivity contribution in [2.24, 2.45) is 17.1 Å². The molecule has 1 saturated carbocycles. The Balaban J connectivity index is 2.23. The molecule has 0 bridgehead atoms. The lowest BCUT2D eigenvalue weighted by molar-refractivity contribution is -0.124. The lowest BCUT2D eigenvalue weighted by Crippen LogP contribution is -2.42. The first-order valence-electron chi connectivity index (χ1n) is 6.08. The van der Waals surface area contributed by atoms with Gasteiger partial charge in [0.05, 0.1) is 0 Å². The molecule has 1 amide bonds. The van der Waals surface area contributed by atoms with Gasteiger partial charge in [-0.2, -0.15) is 0 Å². The second kappa shape index (κ2) is 5.50. The topological polar surface area (TPSA) is 55.1 Å². The summed E-state index contributed by atoms with van der Waals surface area (Å²) in [7, 11) is 0. The van der Waals surface area contributed by atoms with Crippen LogP contribution in [-0.2, 0) is 4.79 Å². The fourth-order valence-corrected chi connectivity index (χ4v) is 1.97. The molecule has 1 atom stereocenters. The van der Waals surface area contributed by atoms with E-state index < -0.39 is 0 Å². The summed E-state index contributed by atoms with van der Waals surface area (Å²) in [5.41, 5.74) is 5.86. The lowest BCUT2D eigenvalue weighted by atomic mass is 9.66. The third-order valence-corrected chi connectivity index (χ3v) is 3.73. The third-order valence-electron chi connectivity index (χ3n) is 3.73. The number of carbonyl (C=O) groups excluding carboxylic acids is 1. The van der Waals surface area contributed by atoms with Crippen LogP contribution in [0.25, 0.3) is 0 Å². The van der Waals surface area contributed by atoms with Gasteiger partial charge in [0.25, 0.3) is 0 Å². The van der Waals surface area contributed by atoms with Gasteiger partial charge in [0.1, 0.15) is 0 Å². The summed E-state index contributed by atoms with van der Waals surface area (Å²) < 4.78 is 0. The Morgan fingerprint density at radius 2 is 2.20 bits per heavy atom. The van der Waals surface area contributed by atoms with E-state index in [1.807, 2.05) is 0 Å². The van der Waals surface area contributed by atoms with Crippen LogP contribution < -0.4 is 11.1 Å². The molecule has 0 aromatic rings. The maximum Gasteiger partial charge on any atom is 0.220 e. The number of nitrogens with two attached hydrogens (primary N) is 1. The minimum atomic E-state index is 0.138. The van der Waals surface area contributed by atoms with Crippen LogP contribution in [0.1, 0.15) is 46.0 Å². The molecular weight excluding hydrogens is 188 g/mol. The van der Waals surface area contributed by atoms with E-state index in [0.717, 1.165) is 25.8 Å². The van der Waals surface area contributed by atoms with E-state index >= 15 is 0 Å². The van der Waals surface area contributed by atoms with Crippen molar-refractivity contribution in [1.29, 1.82) is 0 Å². The second-order valence-corrected chi connectivity index (χ2v) is 5.05. The van der Waals surface area contributed by atoms with E-state index in [4.69, 9.17) is 5.73 Å². The maximum atomic E-state index is 11.7. The van der Waals surface area contributed by atoms with Gasteiger partial charge >= 0.3 is 0 Å². The van der Waals surface area contributed by atoms with Crippen LogP contribution in [0.15, 0.2) is 0 Å². The number of hydrogen-bond acceptors (Lipinski definition) is 2. The molecule has 0 spiro atoms. The second-order valence-electron chi connectivity index (χ2n) is 5.05. The van der Waals surface area contributed by atoms with E-state index in [0.29, 0.717) is 18.9 Å². The number of rotatable bonds is 6. The highest BCUT2D eigenvalue weighted by Gasteiger charge is 2.37. The van der Waals surface area contributed by atoms with Gasteiger partial charge in [0, 0.05) is 13.0 Å². The molecule has 0 heterocycles. The Hall–Kier alpha value is -0.570. The smallest absolute Gasteiger partial charge is 0.220 e. The van der Waals surface area contributed by atoms with E-state index in [1.165, 1.54) is 6.42 Å². The van der Waals surface area contributed by atoms with Crippen LogP contribution >= 0.6 is 0 Å². The van der Waals surface area contributed by atoms with Crippen molar-refractivity contribution in [2.75, 3.05) is 13.1 Å². The van der Waals surface area contributed by atoms with E-state index in [9.17, 15) is 4.79 Å². The zero-order valence-electron chi connectivity index (χ0n) is 10.0. The summed E-state index contributed by atoms with van der Waals surface area (Å²) in [6.45, 7) is 5.76. The predicted molar refractivity (Wildman–Crippen MR) is 62.4 cm³/mol. The summed E-state index contributed by atoms with van der Waals surface area (Å²) in [5.74, 6) is 0.754. The van der Waals surface area contributed by atoms with Crippen molar-refractivity contribution in [3.05, 3.63) is 0 Å². The normalized spacial score (nSPS) is 20.5. The Morgan fingerprint density at radius 3 is 2.60 bits per heavy atom. The first kappa shape index (κ1) is 12.5. The Morgan fingerprint density at radius 1 is 1.53 bits per heavy atom. The summed E-state index contributed by atoms with van der Waals surface area (Å²) in [4.78, 5) is 11.7. The molecule has 1 aliphatic rings. The zero-order valence-corrected chi connectivity index (χ0v) is 10.0. The van der Waals surface area contributed by atoms with Crippen molar-refractivity contribution < 1.29 is 4.79 Å². The number of amides is 1. The molecule has 0 aromatic heterocycles. The Kier molecular flexibility index (Phi) is 4.58.